The van der Waals surface area contributed by atoms with Crippen molar-refractivity contribution in [1.82, 2.24) is 14.9 Å². The van der Waals surface area contributed by atoms with Gasteiger partial charge in [0.05, 0.1) is 29.7 Å². The minimum absolute atomic E-state index is 0.0627. The third kappa shape index (κ3) is 4.37. The molecule has 8 nitrogen and oxygen atoms in total. The molecule has 2 aliphatic heterocycles. The minimum Gasteiger partial charge on any atom is -0.489 e. The molecule has 0 unspecified atom stereocenters. The highest BCUT2D eigenvalue weighted by molar-refractivity contribution is 5.93. The lowest BCUT2D eigenvalue weighted by atomic mass is 10.0. The molecule has 0 radical (unpaired) electrons. The van der Waals surface area contributed by atoms with Gasteiger partial charge in [0.15, 0.2) is 23.1 Å². The van der Waals surface area contributed by atoms with E-state index in [2.05, 4.69) is 14.9 Å². The van der Waals surface area contributed by atoms with E-state index in [-0.39, 0.29) is 18.0 Å². The summed E-state index contributed by atoms with van der Waals surface area (Å²) in [6, 6.07) is 8.90. The molecule has 194 valence electrons. The molecule has 0 spiro atoms. The zero-order valence-corrected chi connectivity index (χ0v) is 21.2. The van der Waals surface area contributed by atoms with Crippen LogP contribution in [0.5, 0.6) is 23.0 Å². The minimum atomic E-state index is -0.395. The summed E-state index contributed by atoms with van der Waals surface area (Å²) in [4.78, 5) is 9.99. The summed E-state index contributed by atoms with van der Waals surface area (Å²) in [5.41, 5.74) is 3.32. The van der Waals surface area contributed by atoms with E-state index in [1.807, 2.05) is 19.1 Å². The molecule has 0 aliphatic carbocycles. The Kier molecular flexibility index (Phi) is 6.36. The van der Waals surface area contributed by atoms with E-state index < -0.39 is 5.82 Å². The van der Waals surface area contributed by atoms with E-state index in [0.717, 1.165) is 47.3 Å². The third-order valence-corrected chi connectivity index (χ3v) is 7.23. The number of likely N-dealkylation sites (tertiary alicyclic amines) is 1. The summed E-state index contributed by atoms with van der Waals surface area (Å²) in [6.45, 7) is 5.28. The predicted molar refractivity (Wildman–Crippen MR) is 138 cm³/mol. The van der Waals surface area contributed by atoms with Crippen molar-refractivity contribution in [2.45, 2.75) is 25.6 Å². The number of pyridine rings is 1. The lowest BCUT2D eigenvalue weighted by Gasteiger charge is -2.18. The number of nitrogens with one attached hydrogen (secondary N) is 1. The molecule has 2 atom stereocenters. The molecule has 1 saturated heterocycles. The van der Waals surface area contributed by atoms with Crippen LogP contribution in [0, 0.1) is 12.7 Å². The van der Waals surface area contributed by atoms with Crippen molar-refractivity contribution in [2.75, 3.05) is 47.1 Å². The smallest absolute Gasteiger partial charge is 0.175 e. The fraction of sp³-hybridized carbons (Fsp3) is 0.393. The Morgan fingerprint density at radius 3 is 2.68 bits per heavy atom. The second-order valence-electron chi connectivity index (χ2n) is 9.53. The number of aromatic nitrogens is 2. The first-order chi connectivity index (χ1) is 18.1. The van der Waals surface area contributed by atoms with Gasteiger partial charge in [0.1, 0.15) is 12.4 Å². The Bertz CT molecular complexity index is 1440. The highest BCUT2D eigenvalue weighted by Gasteiger charge is 2.33. The Balaban J connectivity index is 1.26. The van der Waals surface area contributed by atoms with Crippen LogP contribution in [0.25, 0.3) is 21.8 Å². The third-order valence-electron chi connectivity index (χ3n) is 7.23. The molecule has 9 heteroatoms. The van der Waals surface area contributed by atoms with E-state index in [0.29, 0.717) is 42.3 Å². The van der Waals surface area contributed by atoms with Gasteiger partial charge in [-0.05, 0) is 31.2 Å². The van der Waals surface area contributed by atoms with Gasteiger partial charge in [-0.2, -0.15) is 0 Å². The Hall–Kier alpha value is -3.40. The molecule has 2 aromatic heterocycles. The topological polar surface area (TPSA) is 78.1 Å². The van der Waals surface area contributed by atoms with Crippen LogP contribution in [-0.2, 0) is 15.9 Å². The number of nitrogens with zero attached hydrogens (tertiary/aromatic N) is 2. The quantitative estimate of drug-likeness (QED) is 0.373. The zero-order valence-electron chi connectivity index (χ0n) is 21.2. The van der Waals surface area contributed by atoms with Gasteiger partial charge in [-0.1, -0.05) is 0 Å². The molecule has 1 N–H and O–H groups in total. The number of methoxy groups -OCH3 is 2. The number of hydrogen-bond donors (Lipinski definition) is 1. The van der Waals surface area contributed by atoms with Crippen molar-refractivity contribution in [3.8, 4) is 23.0 Å². The van der Waals surface area contributed by atoms with Gasteiger partial charge >= 0.3 is 0 Å². The summed E-state index contributed by atoms with van der Waals surface area (Å²) < 4.78 is 44.6. The first-order valence-corrected chi connectivity index (χ1v) is 12.5. The number of aryl methyl sites for hydroxylation is 1. The fourth-order valence-corrected chi connectivity index (χ4v) is 5.39. The molecular formula is C28H30FN3O5. The Labute approximate surface area is 214 Å². The maximum atomic E-state index is 15.2. The van der Waals surface area contributed by atoms with Gasteiger partial charge in [-0.15, -0.1) is 0 Å². The highest BCUT2D eigenvalue weighted by Crippen LogP contribution is 2.45. The maximum Gasteiger partial charge on any atom is 0.175 e. The first-order valence-electron chi connectivity index (χ1n) is 12.5. The molecular weight excluding hydrogens is 477 g/mol. The molecule has 37 heavy (non-hydrogen) atoms. The summed E-state index contributed by atoms with van der Waals surface area (Å²) in [7, 11) is 3.43. The van der Waals surface area contributed by atoms with Crippen LogP contribution in [0.3, 0.4) is 0 Å². The van der Waals surface area contributed by atoms with Crippen LogP contribution in [0.2, 0.25) is 0 Å². The number of benzene rings is 2. The fourth-order valence-electron chi connectivity index (χ4n) is 5.39. The molecule has 0 amide bonds. The molecule has 0 bridgehead atoms. The second-order valence-corrected chi connectivity index (χ2v) is 9.53. The number of hydrogen-bond acceptors (Lipinski definition) is 7. The molecule has 1 fully saturated rings. The highest BCUT2D eigenvalue weighted by atomic mass is 19.1. The average molecular weight is 508 g/mol. The van der Waals surface area contributed by atoms with Crippen molar-refractivity contribution in [1.29, 1.82) is 0 Å². The van der Waals surface area contributed by atoms with Gasteiger partial charge in [-0.3, -0.25) is 9.88 Å². The molecule has 6 rings (SSSR count). The number of halogens is 1. The van der Waals surface area contributed by atoms with Crippen LogP contribution in [0.15, 0.2) is 36.5 Å². The van der Waals surface area contributed by atoms with Crippen molar-refractivity contribution in [2.24, 2.45) is 0 Å². The number of ether oxygens (including phenoxy) is 5. The largest absolute Gasteiger partial charge is 0.489 e. The predicted octanol–water partition coefficient (Wildman–Crippen LogP) is 4.62. The van der Waals surface area contributed by atoms with Crippen molar-refractivity contribution in [3.63, 3.8) is 0 Å². The lowest BCUT2D eigenvalue weighted by Crippen LogP contribution is -2.27. The van der Waals surface area contributed by atoms with Gasteiger partial charge in [0, 0.05) is 74.7 Å². The van der Waals surface area contributed by atoms with E-state index in [9.17, 15) is 0 Å². The summed E-state index contributed by atoms with van der Waals surface area (Å²) in [5.74, 6) is 1.67. The molecule has 0 saturated carbocycles. The summed E-state index contributed by atoms with van der Waals surface area (Å²) >= 11 is 0. The zero-order chi connectivity index (χ0) is 25.5. The van der Waals surface area contributed by atoms with E-state index in [4.69, 9.17) is 23.7 Å². The number of fused-ring (bicyclic) bond motifs is 4. The van der Waals surface area contributed by atoms with E-state index in [1.165, 1.54) is 0 Å². The monoisotopic (exact) mass is 507 g/mol. The van der Waals surface area contributed by atoms with Crippen LogP contribution in [-0.4, -0.2) is 74.1 Å². The van der Waals surface area contributed by atoms with Crippen LogP contribution in [0.4, 0.5) is 4.39 Å². The standard InChI is InChI=1S/C28H30FN3O5/c1-16-12-18-19(31-16)4-5-22(27(18)29)37-21-6-8-30-20-13-23(28-17(26(20)21)7-10-36-28)35-11-9-32-14-24(33-2)25(15-32)34-3/h4-6,8,12-13,24-25,31H,7,9-11,14-15H2,1-3H3/t24-,25+. The molecule has 4 heterocycles. The normalized spacial score (nSPS) is 19.5. The number of H-pyrrole nitrogens is 1. The van der Waals surface area contributed by atoms with E-state index in [1.54, 1.807) is 38.6 Å². The summed E-state index contributed by atoms with van der Waals surface area (Å²) in [6.07, 6.45) is 2.49. The molecule has 4 aromatic rings. The first kappa shape index (κ1) is 24.0. The Morgan fingerprint density at radius 2 is 1.89 bits per heavy atom. The Morgan fingerprint density at radius 1 is 1.08 bits per heavy atom. The maximum absolute atomic E-state index is 15.2. The van der Waals surface area contributed by atoms with Crippen molar-refractivity contribution >= 4 is 21.8 Å². The van der Waals surface area contributed by atoms with Crippen LogP contribution in [0.1, 0.15) is 11.3 Å². The van der Waals surface area contributed by atoms with E-state index >= 15 is 4.39 Å². The van der Waals surface area contributed by atoms with Crippen molar-refractivity contribution in [3.05, 3.63) is 53.6 Å². The second kappa shape index (κ2) is 9.81. The van der Waals surface area contributed by atoms with Gasteiger partial charge in [-0.25, -0.2) is 4.39 Å². The molecule has 2 aliphatic rings. The van der Waals surface area contributed by atoms with Gasteiger partial charge < -0.3 is 28.7 Å². The number of rotatable bonds is 8. The number of aromatic amines is 1. The van der Waals surface area contributed by atoms with Gasteiger partial charge in [0.2, 0.25) is 0 Å². The summed E-state index contributed by atoms with van der Waals surface area (Å²) in [5, 5.41) is 1.32. The lowest BCUT2D eigenvalue weighted by molar-refractivity contribution is -0.00461. The average Bonchev–Trinajstić information content (AvgIpc) is 3.63. The molecule has 2 aromatic carbocycles. The SMILES string of the molecule is CO[C@H]1CN(CCOc2cc3nccc(Oc4ccc5[nH]c(C)cc5c4F)c3c3c2OCC3)C[C@H]1OC. The van der Waals surface area contributed by atoms with Gasteiger partial charge in [0.25, 0.3) is 0 Å². The van der Waals surface area contributed by atoms with Crippen molar-refractivity contribution < 1.29 is 28.1 Å². The van der Waals surface area contributed by atoms with Crippen LogP contribution < -0.4 is 14.2 Å². The van der Waals surface area contributed by atoms with Crippen LogP contribution >= 0.6 is 0 Å².